The number of hydrogen-bond donors (Lipinski definition) is 1. The summed E-state index contributed by atoms with van der Waals surface area (Å²) < 4.78 is 0. The topological polar surface area (TPSA) is 32.3 Å². The Bertz CT molecular complexity index is 376. The Morgan fingerprint density at radius 3 is 2.44 bits per heavy atom. The van der Waals surface area contributed by atoms with Gasteiger partial charge in [-0.05, 0) is 51.7 Å². The van der Waals surface area contributed by atoms with Gasteiger partial charge in [0.2, 0.25) is 0 Å². The van der Waals surface area contributed by atoms with Crippen LogP contribution in [-0.4, -0.2) is 37.5 Å². The largest absolute Gasteiger partial charge is 0.350 e. The van der Waals surface area contributed by atoms with E-state index < -0.39 is 0 Å². The van der Waals surface area contributed by atoms with Gasteiger partial charge in [-0.25, -0.2) is 0 Å². The van der Waals surface area contributed by atoms with Crippen molar-refractivity contribution in [1.82, 2.24) is 10.2 Å². The molecule has 1 unspecified atom stereocenters. The van der Waals surface area contributed by atoms with Crippen LogP contribution >= 0.6 is 11.6 Å². The van der Waals surface area contributed by atoms with E-state index in [9.17, 15) is 4.79 Å². The minimum Gasteiger partial charge on any atom is -0.350 e. The number of amides is 1. The maximum Gasteiger partial charge on any atom is 0.251 e. The number of alkyl halides is 1. The molecule has 0 aromatic heterocycles. The van der Waals surface area contributed by atoms with Gasteiger partial charge in [0.05, 0.1) is 0 Å². The first-order valence-electron chi connectivity index (χ1n) is 6.13. The van der Waals surface area contributed by atoms with Gasteiger partial charge in [-0.2, -0.15) is 0 Å². The third kappa shape index (κ3) is 5.07. The van der Waals surface area contributed by atoms with Crippen LogP contribution in [0.2, 0.25) is 0 Å². The maximum absolute atomic E-state index is 11.9. The SMILES string of the molecule is CC(CCN(C)C)NC(=O)c1ccc(CCl)cc1. The number of benzene rings is 1. The number of carbonyl (C=O) groups is 1. The molecule has 0 saturated heterocycles. The van der Waals surface area contributed by atoms with Gasteiger partial charge in [0.25, 0.3) is 5.91 Å². The summed E-state index contributed by atoms with van der Waals surface area (Å²) in [5.74, 6) is 0.448. The summed E-state index contributed by atoms with van der Waals surface area (Å²) in [6.07, 6.45) is 0.943. The van der Waals surface area contributed by atoms with Gasteiger partial charge in [-0.1, -0.05) is 12.1 Å². The van der Waals surface area contributed by atoms with Gasteiger partial charge < -0.3 is 10.2 Å². The molecule has 1 N–H and O–H groups in total. The van der Waals surface area contributed by atoms with Gasteiger partial charge in [0, 0.05) is 17.5 Å². The molecule has 1 atom stereocenters. The average molecular weight is 269 g/mol. The van der Waals surface area contributed by atoms with Crippen molar-refractivity contribution in [3.8, 4) is 0 Å². The molecule has 0 radical (unpaired) electrons. The second-order valence-electron chi connectivity index (χ2n) is 4.80. The molecular formula is C14H21ClN2O. The van der Waals surface area contributed by atoms with Gasteiger partial charge in [-0.15, -0.1) is 11.6 Å². The average Bonchev–Trinajstić information content (AvgIpc) is 2.36. The zero-order chi connectivity index (χ0) is 13.5. The molecule has 0 saturated carbocycles. The Labute approximate surface area is 114 Å². The molecule has 0 aliphatic carbocycles. The molecule has 0 aliphatic heterocycles. The fourth-order valence-electron chi connectivity index (χ4n) is 1.58. The predicted molar refractivity (Wildman–Crippen MR) is 76.1 cm³/mol. The molecule has 0 spiro atoms. The molecule has 18 heavy (non-hydrogen) atoms. The van der Waals surface area contributed by atoms with E-state index in [-0.39, 0.29) is 11.9 Å². The van der Waals surface area contributed by atoms with Crippen molar-refractivity contribution in [2.75, 3.05) is 20.6 Å². The quantitative estimate of drug-likeness (QED) is 0.804. The summed E-state index contributed by atoms with van der Waals surface area (Å²) in [5, 5.41) is 2.99. The number of nitrogens with zero attached hydrogens (tertiary/aromatic N) is 1. The Morgan fingerprint density at radius 2 is 1.94 bits per heavy atom. The van der Waals surface area contributed by atoms with Crippen LogP contribution in [-0.2, 0) is 5.88 Å². The lowest BCUT2D eigenvalue weighted by atomic mass is 10.1. The highest BCUT2D eigenvalue weighted by molar-refractivity contribution is 6.17. The van der Waals surface area contributed by atoms with E-state index in [1.807, 2.05) is 45.3 Å². The third-order valence-corrected chi connectivity index (χ3v) is 3.07. The Kier molecular flexibility index (Phi) is 6.16. The standard InChI is InChI=1S/C14H21ClN2O/c1-11(8-9-17(2)3)16-14(18)13-6-4-12(10-15)5-7-13/h4-7,11H,8-10H2,1-3H3,(H,16,18). The molecule has 100 valence electrons. The molecule has 0 aliphatic rings. The summed E-state index contributed by atoms with van der Waals surface area (Å²) in [4.78, 5) is 14.1. The van der Waals surface area contributed by atoms with E-state index in [1.54, 1.807) is 0 Å². The van der Waals surface area contributed by atoms with Crippen LogP contribution in [0.25, 0.3) is 0 Å². The molecule has 1 aromatic rings. The number of rotatable bonds is 6. The van der Waals surface area contributed by atoms with Crippen molar-refractivity contribution >= 4 is 17.5 Å². The normalized spacial score (nSPS) is 12.5. The van der Waals surface area contributed by atoms with Crippen LogP contribution in [0.4, 0.5) is 0 Å². The van der Waals surface area contributed by atoms with Crippen molar-refractivity contribution < 1.29 is 4.79 Å². The number of nitrogens with one attached hydrogen (secondary N) is 1. The summed E-state index contributed by atoms with van der Waals surface area (Å²) in [5.41, 5.74) is 1.70. The van der Waals surface area contributed by atoms with Crippen LogP contribution in [0.15, 0.2) is 24.3 Å². The lowest BCUT2D eigenvalue weighted by molar-refractivity contribution is 0.0937. The molecule has 3 nitrogen and oxygen atoms in total. The van der Waals surface area contributed by atoms with Crippen LogP contribution in [0.3, 0.4) is 0 Å². The van der Waals surface area contributed by atoms with E-state index >= 15 is 0 Å². The molecule has 4 heteroatoms. The van der Waals surface area contributed by atoms with Crippen LogP contribution < -0.4 is 5.32 Å². The summed E-state index contributed by atoms with van der Waals surface area (Å²) in [7, 11) is 4.05. The van der Waals surface area contributed by atoms with Gasteiger partial charge in [0.1, 0.15) is 0 Å². The van der Waals surface area contributed by atoms with E-state index in [0.717, 1.165) is 18.5 Å². The Morgan fingerprint density at radius 1 is 1.33 bits per heavy atom. The predicted octanol–water partition coefficient (Wildman–Crippen LogP) is 2.50. The second kappa shape index (κ2) is 7.39. The van der Waals surface area contributed by atoms with Gasteiger partial charge in [0.15, 0.2) is 0 Å². The zero-order valence-electron chi connectivity index (χ0n) is 11.2. The molecule has 1 aromatic carbocycles. The Balaban J connectivity index is 2.48. The molecule has 1 rings (SSSR count). The van der Waals surface area contributed by atoms with Crippen LogP contribution in [0, 0.1) is 0 Å². The van der Waals surface area contributed by atoms with Gasteiger partial charge in [-0.3, -0.25) is 4.79 Å². The van der Waals surface area contributed by atoms with Crippen molar-refractivity contribution in [3.05, 3.63) is 35.4 Å². The van der Waals surface area contributed by atoms with E-state index in [4.69, 9.17) is 11.6 Å². The molecule has 0 bridgehead atoms. The molecule has 0 fully saturated rings. The van der Waals surface area contributed by atoms with E-state index in [2.05, 4.69) is 10.2 Å². The van der Waals surface area contributed by atoms with E-state index in [1.165, 1.54) is 0 Å². The number of carbonyl (C=O) groups excluding carboxylic acids is 1. The van der Waals surface area contributed by atoms with Crippen LogP contribution in [0.5, 0.6) is 0 Å². The van der Waals surface area contributed by atoms with E-state index in [0.29, 0.717) is 11.4 Å². The number of hydrogen-bond acceptors (Lipinski definition) is 2. The number of halogens is 1. The van der Waals surface area contributed by atoms with Gasteiger partial charge >= 0.3 is 0 Å². The molecule has 1 amide bonds. The molecule has 0 heterocycles. The minimum atomic E-state index is -0.0256. The monoisotopic (exact) mass is 268 g/mol. The Hall–Kier alpha value is -1.06. The third-order valence-electron chi connectivity index (χ3n) is 2.76. The smallest absolute Gasteiger partial charge is 0.251 e. The first kappa shape index (κ1) is 15.0. The second-order valence-corrected chi connectivity index (χ2v) is 5.06. The lowest BCUT2D eigenvalue weighted by Crippen LogP contribution is -2.34. The first-order chi connectivity index (χ1) is 8.52. The lowest BCUT2D eigenvalue weighted by Gasteiger charge is -2.16. The summed E-state index contributed by atoms with van der Waals surface area (Å²) >= 11 is 5.71. The fraction of sp³-hybridized carbons (Fsp3) is 0.500. The van der Waals surface area contributed by atoms with Crippen molar-refractivity contribution in [2.24, 2.45) is 0 Å². The van der Waals surface area contributed by atoms with Crippen molar-refractivity contribution in [1.29, 1.82) is 0 Å². The highest BCUT2D eigenvalue weighted by atomic mass is 35.5. The maximum atomic E-state index is 11.9. The highest BCUT2D eigenvalue weighted by Crippen LogP contribution is 2.07. The summed E-state index contributed by atoms with van der Waals surface area (Å²) in [6, 6.07) is 7.56. The molecular weight excluding hydrogens is 248 g/mol. The highest BCUT2D eigenvalue weighted by Gasteiger charge is 2.09. The minimum absolute atomic E-state index is 0.0256. The summed E-state index contributed by atoms with van der Waals surface area (Å²) in [6.45, 7) is 2.99. The zero-order valence-corrected chi connectivity index (χ0v) is 12.0. The van der Waals surface area contributed by atoms with Crippen molar-refractivity contribution in [3.63, 3.8) is 0 Å². The fourth-order valence-corrected chi connectivity index (χ4v) is 1.75. The first-order valence-corrected chi connectivity index (χ1v) is 6.67. The van der Waals surface area contributed by atoms with Crippen molar-refractivity contribution in [2.45, 2.75) is 25.3 Å². The van der Waals surface area contributed by atoms with Crippen LogP contribution in [0.1, 0.15) is 29.3 Å².